The van der Waals surface area contributed by atoms with Crippen molar-refractivity contribution in [3.63, 3.8) is 0 Å². The highest BCUT2D eigenvalue weighted by Gasteiger charge is 2.19. The molecule has 0 saturated heterocycles. The van der Waals surface area contributed by atoms with E-state index in [0.717, 1.165) is 0 Å². The summed E-state index contributed by atoms with van der Waals surface area (Å²) in [5, 5.41) is 8.56. The van der Waals surface area contributed by atoms with Gasteiger partial charge in [0.05, 0.1) is 17.9 Å². The van der Waals surface area contributed by atoms with Crippen LogP contribution in [0.3, 0.4) is 0 Å². The second-order valence-corrected chi connectivity index (χ2v) is 2.32. The van der Waals surface area contributed by atoms with Gasteiger partial charge in [-0.15, -0.1) is 0 Å². The molecular weight excluding hydrogens is 187 g/mol. The van der Waals surface area contributed by atoms with Crippen LogP contribution < -0.4 is 5.43 Å². The lowest BCUT2D eigenvalue weighted by atomic mass is 10.2. The molecule has 6 heteroatoms. The van der Waals surface area contributed by atoms with Crippen molar-refractivity contribution >= 4 is 0 Å². The first-order valence-electron chi connectivity index (χ1n) is 3.37. The van der Waals surface area contributed by atoms with Crippen molar-refractivity contribution in [3.05, 3.63) is 33.5 Å². The molecule has 0 amide bonds. The van der Waals surface area contributed by atoms with Crippen LogP contribution in [0.25, 0.3) is 0 Å². The van der Waals surface area contributed by atoms with E-state index in [9.17, 15) is 18.0 Å². The normalized spacial score (nSPS) is 10.8. The number of hydrogen-bond acceptors (Lipinski definition) is 2. The third-order valence-corrected chi connectivity index (χ3v) is 1.54. The Hall–Kier alpha value is -1.30. The summed E-state index contributed by atoms with van der Waals surface area (Å²) in [5.41, 5.74) is -2.75. The first-order chi connectivity index (χ1) is 6.07. The molecule has 72 valence electrons. The van der Waals surface area contributed by atoms with Crippen LogP contribution in [0.15, 0.2) is 11.0 Å². The number of rotatable bonds is 2. The molecule has 0 aliphatic heterocycles. The molecule has 1 heterocycles. The van der Waals surface area contributed by atoms with Crippen LogP contribution in [0.1, 0.15) is 17.7 Å². The fourth-order valence-corrected chi connectivity index (χ4v) is 0.921. The quantitative estimate of drug-likeness (QED) is 0.734. The number of hydrogen-bond donors (Lipinski definition) is 2. The third-order valence-electron chi connectivity index (χ3n) is 1.54. The van der Waals surface area contributed by atoms with Gasteiger partial charge in [0.2, 0.25) is 5.43 Å². The van der Waals surface area contributed by atoms with Crippen LogP contribution in [0, 0.1) is 5.82 Å². The van der Waals surface area contributed by atoms with E-state index in [0.29, 0.717) is 6.20 Å². The number of aliphatic hydroxyl groups is 1. The van der Waals surface area contributed by atoms with Gasteiger partial charge in [-0.05, 0) is 0 Å². The lowest BCUT2D eigenvalue weighted by Crippen LogP contribution is -2.17. The molecule has 0 radical (unpaired) electrons. The molecule has 0 aromatic carbocycles. The largest absolute Gasteiger partial charge is 0.390 e. The van der Waals surface area contributed by atoms with Gasteiger partial charge in [-0.25, -0.2) is 13.2 Å². The van der Waals surface area contributed by atoms with E-state index in [4.69, 9.17) is 5.11 Å². The van der Waals surface area contributed by atoms with Crippen molar-refractivity contribution in [3.8, 4) is 0 Å². The van der Waals surface area contributed by atoms with E-state index in [1.54, 1.807) is 0 Å². The number of halogens is 3. The van der Waals surface area contributed by atoms with Crippen molar-refractivity contribution in [2.24, 2.45) is 0 Å². The third kappa shape index (κ3) is 1.72. The van der Waals surface area contributed by atoms with Gasteiger partial charge in [-0.1, -0.05) is 0 Å². The number of pyridine rings is 1. The van der Waals surface area contributed by atoms with Crippen molar-refractivity contribution in [1.29, 1.82) is 0 Å². The maximum absolute atomic E-state index is 12.5. The van der Waals surface area contributed by atoms with Crippen LogP contribution in [-0.4, -0.2) is 10.1 Å². The number of alkyl halides is 2. The molecule has 0 unspecified atom stereocenters. The molecule has 1 rings (SSSR count). The van der Waals surface area contributed by atoms with E-state index in [-0.39, 0.29) is 5.69 Å². The fourth-order valence-electron chi connectivity index (χ4n) is 0.921. The van der Waals surface area contributed by atoms with E-state index in [1.165, 1.54) is 0 Å². The fraction of sp³-hybridized carbons (Fsp3) is 0.286. The zero-order chi connectivity index (χ0) is 10.0. The Bertz CT molecular complexity index is 361. The SMILES string of the molecule is O=c1c(F)c[nH]c(CO)c1C(F)F. The zero-order valence-corrected chi connectivity index (χ0v) is 6.35. The van der Waals surface area contributed by atoms with Gasteiger partial charge in [0.15, 0.2) is 5.82 Å². The molecule has 3 nitrogen and oxygen atoms in total. The predicted molar refractivity (Wildman–Crippen MR) is 37.9 cm³/mol. The minimum absolute atomic E-state index is 0.360. The maximum Gasteiger partial charge on any atom is 0.269 e. The van der Waals surface area contributed by atoms with Gasteiger partial charge in [-0.2, -0.15) is 0 Å². The van der Waals surface area contributed by atoms with E-state index < -0.39 is 29.8 Å². The minimum Gasteiger partial charge on any atom is -0.390 e. The summed E-state index contributed by atoms with van der Waals surface area (Å²) in [7, 11) is 0. The topological polar surface area (TPSA) is 53.1 Å². The molecule has 13 heavy (non-hydrogen) atoms. The Balaban J connectivity index is 3.42. The Morgan fingerprint density at radius 3 is 2.62 bits per heavy atom. The van der Waals surface area contributed by atoms with Crippen molar-refractivity contribution in [1.82, 2.24) is 4.98 Å². The number of aromatic amines is 1. The van der Waals surface area contributed by atoms with E-state index >= 15 is 0 Å². The van der Waals surface area contributed by atoms with Crippen LogP contribution >= 0.6 is 0 Å². The molecule has 0 saturated carbocycles. The van der Waals surface area contributed by atoms with Crippen molar-refractivity contribution < 1.29 is 18.3 Å². The van der Waals surface area contributed by atoms with E-state index in [1.807, 2.05) is 0 Å². The second-order valence-electron chi connectivity index (χ2n) is 2.32. The van der Waals surface area contributed by atoms with Crippen LogP contribution in [0.2, 0.25) is 0 Å². The standard InChI is InChI=1S/C7H6F3NO2/c8-3-1-11-4(2-12)5(6(3)13)7(9)10/h1,7,12H,2H2,(H,11,13). The Morgan fingerprint density at radius 2 is 2.15 bits per heavy atom. The van der Waals surface area contributed by atoms with Gasteiger partial charge < -0.3 is 10.1 Å². The first-order valence-corrected chi connectivity index (χ1v) is 3.37. The van der Waals surface area contributed by atoms with Gasteiger partial charge in [0.25, 0.3) is 6.43 Å². The predicted octanol–water partition coefficient (Wildman–Crippen LogP) is 0.944. The number of aliphatic hydroxyl groups excluding tert-OH is 1. The number of H-pyrrole nitrogens is 1. The Kier molecular flexibility index (Phi) is 2.72. The molecule has 0 bridgehead atoms. The molecule has 0 atom stereocenters. The lowest BCUT2D eigenvalue weighted by Gasteiger charge is -2.04. The molecule has 1 aromatic heterocycles. The van der Waals surface area contributed by atoms with Crippen molar-refractivity contribution in [2.45, 2.75) is 13.0 Å². The Morgan fingerprint density at radius 1 is 1.54 bits per heavy atom. The van der Waals surface area contributed by atoms with Crippen LogP contribution in [-0.2, 0) is 6.61 Å². The lowest BCUT2D eigenvalue weighted by molar-refractivity contribution is 0.144. The maximum atomic E-state index is 12.5. The minimum atomic E-state index is -3.10. The van der Waals surface area contributed by atoms with Gasteiger partial charge in [-0.3, -0.25) is 4.79 Å². The molecule has 1 aromatic rings. The van der Waals surface area contributed by atoms with Gasteiger partial charge in [0, 0.05) is 6.20 Å². The number of nitrogens with one attached hydrogen (secondary N) is 1. The van der Waals surface area contributed by atoms with E-state index in [2.05, 4.69) is 4.98 Å². The summed E-state index contributed by atoms with van der Waals surface area (Å²) >= 11 is 0. The van der Waals surface area contributed by atoms with Gasteiger partial charge >= 0.3 is 0 Å². The molecule has 0 aliphatic carbocycles. The second kappa shape index (κ2) is 3.61. The summed E-state index contributed by atoms with van der Waals surface area (Å²) in [6.07, 6.45) is -2.46. The summed E-state index contributed by atoms with van der Waals surface area (Å²) in [4.78, 5) is 12.9. The zero-order valence-electron chi connectivity index (χ0n) is 6.35. The smallest absolute Gasteiger partial charge is 0.269 e. The molecule has 0 aliphatic rings. The molecule has 0 fully saturated rings. The summed E-state index contributed by atoms with van der Waals surface area (Å²) in [5.74, 6) is -1.28. The molecule has 0 spiro atoms. The summed E-state index contributed by atoms with van der Waals surface area (Å²) in [6.45, 7) is -0.755. The first kappa shape index (κ1) is 9.79. The average Bonchev–Trinajstić information content (AvgIpc) is 2.08. The Labute approximate surface area is 70.8 Å². The summed E-state index contributed by atoms with van der Waals surface area (Å²) < 4.78 is 36.8. The molecular formula is C7H6F3NO2. The highest BCUT2D eigenvalue weighted by molar-refractivity contribution is 5.21. The van der Waals surface area contributed by atoms with Crippen LogP contribution in [0.4, 0.5) is 13.2 Å². The van der Waals surface area contributed by atoms with Gasteiger partial charge in [0.1, 0.15) is 0 Å². The average molecular weight is 193 g/mol. The summed E-state index contributed by atoms with van der Waals surface area (Å²) in [6, 6.07) is 0. The number of aromatic nitrogens is 1. The molecule has 2 N–H and O–H groups in total. The van der Waals surface area contributed by atoms with Crippen LogP contribution in [0.5, 0.6) is 0 Å². The monoisotopic (exact) mass is 193 g/mol. The highest BCUT2D eigenvalue weighted by atomic mass is 19.3. The van der Waals surface area contributed by atoms with Crippen molar-refractivity contribution in [2.75, 3.05) is 0 Å². The highest BCUT2D eigenvalue weighted by Crippen LogP contribution is 2.17.